The zero-order valence-electron chi connectivity index (χ0n) is 15.5. The highest BCUT2D eigenvalue weighted by Crippen LogP contribution is 2.23. The van der Waals surface area contributed by atoms with E-state index in [1.54, 1.807) is 18.2 Å². The summed E-state index contributed by atoms with van der Waals surface area (Å²) in [5.41, 5.74) is 1.37. The Bertz CT molecular complexity index is 1020. The van der Waals surface area contributed by atoms with Crippen molar-refractivity contribution >= 4 is 17.6 Å². The average Bonchev–Trinajstić information content (AvgIpc) is 2.68. The molecule has 0 saturated heterocycles. The third-order valence-electron chi connectivity index (χ3n) is 4.09. The van der Waals surface area contributed by atoms with Gasteiger partial charge in [-0.05, 0) is 48.4 Å². The maximum Gasteiger partial charge on any atom is 0.326 e. The van der Waals surface area contributed by atoms with Crippen molar-refractivity contribution in [2.24, 2.45) is 0 Å². The standard InChI is InChI=1S/C22H18F2N2O3/c1-14-12-16(10-11-19(14)29-13-15-6-3-2-4-7-15)25-22(28)26-21(27)20-17(23)8-5-9-18(20)24/h2-12H,13H2,1H3,(H2,25,26,27,28). The second-order valence-corrected chi connectivity index (χ2v) is 6.26. The van der Waals surface area contributed by atoms with Crippen molar-refractivity contribution in [1.29, 1.82) is 0 Å². The molecule has 0 fully saturated rings. The fourth-order valence-electron chi connectivity index (χ4n) is 2.67. The van der Waals surface area contributed by atoms with Crippen LogP contribution < -0.4 is 15.4 Å². The van der Waals surface area contributed by atoms with Crippen molar-refractivity contribution in [3.63, 3.8) is 0 Å². The molecule has 148 valence electrons. The van der Waals surface area contributed by atoms with Gasteiger partial charge in [-0.15, -0.1) is 0 Å². The van der Waals surface area contributed by atoms with E-state index in [1.165, 1.54) is 0 Å². The third kappa shape index (κ3) is 5.16. The molecule has 3 rings (SSSR count). The maximum absolute atomic E-state index is 13.6. The van der Waals surface area contributed by atoms with Crippen LogP contribution in [0.25, 0.3) is 0 Å². The maximum atomic E-state index is 13.6. The number of hydrogen-bond donors (Lipinski definition) is 2. The van der Waals surface area contributed by atoms with E-state index in [9.17, 15) is 18.4 Å². The van der Waals surface area contributed by atoms with E-state index in [1.807, 2.05) is 42.6 Å². The van der Waals surface area contributed by atoms with E-state index in [2.05, 4.69) is 5.32 Å². The summed E-state index contributed by atoms with van der Waals surface area (Å²) < 4.78 is 33.0. The molecule has 3 amide bonds. The molecule has 0 saturated carbocycles. The smallest absolute Gasteiger partial charge is 0.326 e. The van der Waals surface area contributed by atoms with Gasteiger partial charge in [-0.2, -0.15) is 0 Å². The van der Waals surface area contributed by atoms with Crippen molar-refractivity contribution in [3.05, 3.63) is 95.1 Å². The van der Waals surface area contributed by atoms with Crippen LogP contribution in [0.15, 0.2) is 66.7 Å². The zero-order valence-corrected chi connectivity index (χ0v) is 15.5. The molecule has 0 aliphatic rings. The number of imide groups is 1. The molecule has 0 bridgehead atoms. The minimum Gasteiger partial charge on any atom is -0.489 e. The van der Waals surface area contributed by atoms with E-state index < -0.39 is 29.1 Å². The first-order chi connectivity index (χ1) is 13.9. The molecule has 0 aliphatic carbocycles. The molecule has 0 atom stereocenters. The Morgan fingerprint density at radius 3 is 2.28 bits per heavy atom. The lowest BCUT2D eigenvalue weighted by atomic mass is 10.2. The number of rotatable bonds is 5. The van der Waals surface area contributed by atoms with Gasteiger partial charge in [0, 0.05) is 5.69 Å². The van der Waals surface area contributed by atoms with Gasteiger partial charge in [-0.3, -0.25) is 10.1 Å². The lowest BCUT2D eigenvalue weighted by Gasteiger charge is -2.12. The number of ether oxygens (including phenoxy) is 1. The summed E-state index contributed by atoms with van der Waals surface area (Å²) in [6, 6.07) is 16.7. The Morgan fingerprint density at radius 2 is 1.62 bits per heavy atom. The van der Waals surface area contributed by atoms with Crippen LogP contribution in [0.4, 0.5) is 19.3 Å². The first-order valence-corrected chi connectivity index (χ1v) is 8.78. The summed E-state index contributed by atoms with van der Waals surface area (Å²) in [4.78, 5) is 24.0. The summed E-state index contributed by atoms with van der Waals surface area (Å²) in [6.45, 7) is 2.21. The number of hydrogen-bond acceptors (Lipinski definition) is 3. The number of carbonyl (C=O) groups is 2. The largest absolute Gasteiger partial charge is 0.489 e. The molecule has 7 heteroatoms. The van der Waals surface area contributed by atoms with Crippen LogP contribution >= 0.6 is 0 Å². The minimum atomic E-state index is -1.17. The highest BCUT2D eigenvalue weighted by Gasteiger charge is 2.19. The van der Waals surface area contributed by atoms with E-state index >= 15 is 0 Å². The molecular weight excluding hydrogens is 378 g/mol. The number of anilines is 1. The topological polar surface area (TPSA) is 67.4 Å². The summed E-state index contributed by atoms with van der Waals surface area (Å²) in [7, 11) is 0. The van der Waals surface area contributed by atoms with E-state index in [4.69, 9.17) is 4.74 Å². The lowest BCUT2D eigenvalue weighted by Crippen LogP contribution is -2.35. The van der Waals surface area contributed by atoms with Gasteiger partial charge in [-0.1, -0.05) is 36.4 Å². The molecule has 3 aromatic carbocycles. The highest BCUT2D eigenvalue weighted by molar-refractivity contribution is 6.08. The molecule has 3 aromatic rings. The van der Waals surface area contributed by atoms with Crippen LogP contribution in [0.1, 0.15) is 21.5 Å². The van der Waals surface area contributed by atoms with Gasteiger partial charge in [-0.25, -0.2) is 13.6 Å². The molecular formula is C22H18F2N2O3. The highest BCUT2D eigenvalue weighted by atomic mass is 19.1. The number of aryl methyl sites for hydroxylation is 1. The molecule has 0 radical (unpaired) electrons. The molecule has 0 aromatic heterocycles. The second kappa shape index (κ2) is 8.97. The Labute approximate surface area is 166 Å². The number of halogens is 2. The fraction of sp³-hybridized carbons (Fsp3) is 0.0909. The van der Waals surface area contributed by atoms with E-state index in [-0.39, 0.29) is 0 Å². The number of carbonyl (C=O) groups excluding carboxylic acids is 2. The second-order valence-electron chi connectivity index (χ2n) is 6.26. The lowest BCUT2D eigenvalue weighted by molar-refractivity contribution is 0.0959. The molecule has 0 unspecified atom stereocenters. The fourth-order valence-corrected chi connectivity index (χ4v) is 2.67. The Morgan fingerprint density at radius 1 is 0.931 bits per heavy atom. The first kappa shape index (κ1) is 20.0. The van der Waals surface area contributed by atoms with Crippen LogP contribution in [-0.4, -0.2) is 11.9 Å². The molecule has 0 spiro atoms. The van der Waals surface area contributed by atoms with Gasteiger partial charge in [0.1, 0.15) is 29.6 Å². The zero-order chi connectivity index (χ0) is 20.8. The number of amides is 3. The van der Waals surface area contributed by atoms with Gasteiger partial charge in [0.15, 0.2) is 0 Å². The Hall–Kier alpha value is -3.74. The van der Waals surface area contributed by atoms with Crippen LogP contribution in [0.3, 0.4) is 0 Å². The molecule has 29 heavy (non-hydrogen) atoms. The van der Waals surface area contributed by atoms with Gasteiger partial charge < -0.3 is 10.1 Å². The predicted octanol–water partition coefficient (Wildman–Crippen LogP) is 4.81. The van der Waals surface area contributed by atoms with Crippen LogP contribution in [-0.2, 0) is 6.61 Å². The van der Waals surface area contributed by atoms with E-state index in [0.29, 0.717) is 18.0 Å². The SMILES string of the molecule is Cc1cc(NC(=O)NC(=O)c2c(F)cccc2F)ccc1OCc1ccccc1. The monoisotopic (exact) mass is 396 g/mol. The number of benzene rings is 3. The average molecular weight is 396 g/mol. The number of urea groups is 1. The minimum absolute atomic E-state index is 0.397. The molecule has 2 N–H and O–H groups in total. The summed E-state index contributed by atoms with van der Waals surface area (Å²) in [5.74, 6) is -2.63. The molecule has 5 nitrogen and oxygen atoms in total. The van der Waals surface area contributed by atoms with Crippen LogP contribution in [0.5, 0.6) is 5.75 Å². The van der Waals surface area contributed by atoms with Crippen molar-refractivity contribution in [3.8, 4) is 5.75 Å². The Balaban J connectivity index is 1.60. The van der Waals surface area contributed by atoms with Gasteiger partial charge in [0.25, 0.3) is 5.91 Å². The van der Waals surface area contributed by atoms with Gasteiger partial charge >= 0.3 is 6.03 Å². The first-order valence-electron chi connectivity index (χ1n) is 8.78. The molecule has 0 aliphatic heterocycles. The Kier molecular flexibility index (Phi) is 6.19. The van der Waals surface area contributed by atoms with Crippen molar-refractivity contribution in [2.45, 2.75) is 13.5 Å². The summed E-state index contributed by atoms with van der Waals surface area (Å²) in [5, 5.41) is 4.36. The number of nitrogens with one attached hydrogen (secondary N) is 2. The summed E-state index contributed by atoms with van der Waals surface area (Å²) >= 11 is 0. The molecule has 0 heterocycles. The predicted molar refractivity (Wildman–Crippen MR) is 105 cm³/mol. The van der Waals surface area contributed by atoms with Crippen LogP contribution in [0, 0.1) is 18.6 Å². The quantitative estimate of drug-likeness (QED) is 0.650. The van der Waals surface area contributed by atoms with Crippen molar-refractivity contribution < 1.29 is 23.1 Å². The van der Waals surface area contributed by atoms with Crippen LogP contribution in [0.2, 0.25) is 0 Å². The van der Waals surface area contributed by atoms with Gasteiger partial charge in [0.2, 0.25) is 0 Å². The third-order valence-corrected chi connectivity index (χ3v) is 4.09. The summed E-state index contributed by atoms with van der Waals surface area (Å²) in [6.07, 6.45) is 0. The normalized spacial score (nSPS) is 10.3. The van der Waals surface area contributed by atoms with Gasteiger partial charge in [0.05, 0.1) is 0 Å². The van der Waals surface area contributed by atoms with Crippen molar-refractivity contribution in [2.75, 3.05) is 5.32 Å². The van der Waals surface area contributed by atoms with E-state index in [0.717, 1.165) is 29.3 Å². The van der Waals surface area contributed by atoms with Crippen molar-refractivity contribution in [1.82, 2.24) is 5.32 Å².